The Hall–Kier alpha value is -2.80. The van der Waals surface area contributed by atoms with Crippen LogP contribution in [0.1, 0.15) is 11.1 Å². The van der Waals surface area contributed by atoms with Crippen LogP contribution in [-0.4, -0.2) is 0 Å². The second kappa shape index (κ2) is 4.36. The number of rotatable bonds is 0. The predicted molar refractivity (Wildman–Crippen MR) is 98.2 cm³/mol. The predicted octanol–water partition coefficient (Wildman–Crippen LogP) is 6.51. The van der Waals surface area contributed by atoms with Gasteiger partial charge in [-0.25, -0.2) is 0 Å². The van der Waals surface area contributed by atoms with Gasteiger partial charge in [-0.3, -0.25) is 0 Å². The highest BCUT2D eigenvalue weighted by Crippen LogP contribution is 2.37. The Labute approximate surface area is 134 Å². The molecule has 0 atom stereocenters. The molecule has 1 heteroatoms. The third kappa shape index (κ3) is 1.74. The van der Waals surface area contributed by atoms with Gasteiger partial charge in [-0.2, -0.15) is 0 Å². The maximum absolute atomic E-state index is 6.26. The van der Waals surface area contributed by atoms with Gasteiger partial charge in [0.1, 0.15) is 11.2 Å². The Balaban J connectivity index is 2.03. The van der Waals surface area contributed by atoms with Crippen molar-refractivity contribution in [1.82, 2.24) is 0 Å². The number of fused-ring (bicyclic) bond motifs is 6. The SMILES string of the molecule is Cc1ccc2cc3oc4c5ccccc5c(C)cc4c3cc2c1. The molecule has 0 fully saturated rings. The lowest BCUT2D eigenvalue weighted by Crippen LogP contribution is -1.79. The van der Waals surface area contributed by atoms with Crippen molar-refractivity contribution in [3.8, 4) is 0 Å². The number of benzene rings is 4. The van der Waals surface area contributed by atoms with E-state index in [0.29, 0.717) is 0 Å². The van der Waals surface area contributed by atoms with Gasteiger partial charge >= 0.3 is 0 Å². The molecule has 0 bridgehead atoms. The molecule has 23 heavy (non-hydrogen) atoms. The number of furan rings is 1. The molecule has 5 aromatic rings. The van der Waals surface area contributed by atoms with Gasteiger partial charge < -0.3 is 4.42 Å². The number of aryl methyl sites for hydroxylation is 2. The molecular weight excluding hydrogens is 280 g/mol. The summed E-state index contributed by atoms with van der Waals surface area (Å²) in [7, 11) is 0. The average molecular weight is 296 g/mol. The molecular formula is C22H16O. The molecule has 0 aliphatic carbocycles. The first-order valence-electron chi connectivity index (χ1n) is 7.96. The zero-order chi connectivity index (χ0) is 15.6. The van der Waals surface area contributed by atoms with Crippen LogP contribution in [0.25, 0.3) is 43.5 Å². The molecule has 0 N–H and O–H groups in total. The van der Waals surface area contributed by atoms with E-state index in [4.69, 9.17) is 4.42 Å². The zero-order valence-corrected chi connectivity index (χ0v) is 13.2. The summed E-state index contributed by atoms with van der Waals surface area (Å²) in [5, 5.41) is 7.36. The summed E-state index contributed by atoms with van der Waals surface area (Å²) in [4.78, 5) is 0. The largest absolute Gasteiger partial charge is 0.455 e. The maximum Gasteiger partial charge on any atom is 0.143 e. The fraction of sp³-hybridized carbons (Fsp3) is 0.0909. The maximum atomic E-state index is 6.26. The standard InChI is InChI=1S/C22H16O/c1-13-7-8-15-12-21-19(11-16(15)9-13)20-10-14(2)17-5-3-4-6-18(17)22(20)23-21/h3-12H,1-2H3. The van der Waals surface area contributed by atoms with Crippen LogP contribution in [0.3, 0.4) is 0 Å². The Kier molecular flexibility index (Phi) is 2.41. The van der Waals surface area contributed by atoms with Gasteiger partial charge in [-0.1, -0.05) is 48.0 Å². The van der Waals surface area contributed by atoms with Crippen LogP contribution in [0.2, 0.25) is 0 Å². The van der Waals surface area contributed by atoms with Crippen LogP contribution in [0.4, 0.5) is 0 Å². The van der Waals surface area contributed by atoms with Crippen molar-refractivity contribution in [2.45, 2.75) is 13.8 Å². The van der Waals surface area contributed by atoms with Crippen LogP contribution in [0.15, 0.2) is 65.1 Å². The minimum atomic E-state index is 0.965. The molecule has 1 heterocycles. The molecule has 0 unspecified atom stereocenters. The van der Waals surface area contributed by atoms with Crippen molar-refractivity contribution in [1.29, 1.82) is 0 Å². The monoisotopic (exact) mass is 296 g/mol. The van der Waals surface area contributed by atoms with Crippen LogP contribution in [0.5, 0.6) is 0 Å². The van der Waals surface area contributed by atoms with E-state index in [2.05, 4.69) is 74.5 Å². The Morgan fingerprint density at radius 2 is 1.48 bits per heavy atom. The Morgan fingerprint density at radius 3 is 2.35 bits per heavy atom. The van der Waals surface area contributed by atoms with Crippen molar-refractivity contribution < 1.29 is 4.42 Å². The molecule has 1 nitrogen and oxygen atoms in total. The first kappa shape index (κ1) is 12.7. The Bertz CT molecular complexity index is 1220. The van der Waals surface area contributed by atoms with Crippen LogP contribution < -0.4 is 0 Å². The van der Waals surface area contributed by atoms with Crippen molar-refractivity contribution in [2.75, 3.05) is 0 Å². The Morgan fingerprint density at radius 1 is 0.652 bits per heavy atom. The van der Waals surface area contributed by atoms with Crippen molar-refractivity contribution >= 4 is 43.5 Å². The van der Waals surface area contributed by atoms with E-state index in [1.54, 1.807) is 0 Å². The molecule has 5 rings (SSSR count). The minimum Gasteiger partial charge on any atom is -0.455 e. The van der Waals surface area contributed by atoms with Gasteiger partial charge in [0.25, 0.3) is 0 Å². The molecule has 110 valence electrons. The smallest absolute Gasteiger partial charge is 0.143 e. The summed E-state index contributed by atoms with van der Waals surface area (Å²) < 4.78 is 6.26. The van der Waals surface area contributed by atoms with Gasteiger partial charge in [0.05, 0.1) is 0 Å². The molecule has 0 aliphatic rings. The second-order valence-electron chi connectivity index (χ2n) is 6.42. The summed E-state index contributed by atoms with van der Waals surface area (Å²) in [6, 6.07) is 21.7. The van der Waals surface area contributed by atoms with Gasteiger partial charge in [-0.15, -0.1) is 0 Å². The van der Waals surface area contributed by atoms with Gasteiger partial charge in [0, 0.05) is 16.2 Å². The molecule has 1 aromatic heterocycles. The highest BCUT2D eigenvalue weighted by atomic mass is 16.3. The summed E-state index contributed by atoms with van der Waals surface area (Å²) in [5.41, 5.74) is 4.53. The van der Waals surface area contributed by atoms with E-state index in [1.165, 1.54) is 43.4 Å². The summed E-state index contributed by atoms with van der Waals surface area (Å²) in [5.74, 6) is 0. The lowest BCUT2D eigenvalue weighted by atomic mass is 10.00. The molecule has 0 saturated carbocycles. The van der Waals surface area contributed by atoms with Crippen LogP contribution in [0, 0.1) is 13.8 Å². The van der Waals surface area contributed by atoms with Crippen LogP contribution in [-0.2, 0) is 0 Å². The van der Waals surface area contributed by atoms with E-state index >= 15 is 0 Å². The average Bonchev–Trinajstić information content (AvgIpc) is 2.91. The summed E-state index contributed by atoms with van der Waals surface area (Å²) in [6.45, 7) is 4.31. The van der Waals surface area contributed by atoms with E-state index in [9.17, 15) is 0 Å². The fourth-order valence-electron chi connectivity index (χ4n) is 3.64. The molecule has 0 radical (unpaired) electrons. The van der Waals surface area contributed by atoms with E-state index in [1.807, 2.05) is 0 Å². The molecule has 4 aromatic carbocycles. The van der Waals surface area contributed by atoms with E-state index < -0.39 is 0 Å². The first-order valence-corrected chi connectivity index (χ1v) is 7.96. The molecule has 0 spiro atoms. The summed E-state index contributed by atoms with van der Waals surface area (Å²) in [6.07, 6.45) is 0. The molecule has 0 amide bonds. The fourth-order valence-corrected chi connectivity index (χ4v) is 3.64. The first-order chi connectivity index (χ1) is 11.2. The third-order valence-corrected chi connectivity index (χ3v) is 4.80. The highest BCUT2D eigenvalue weighted by molar-refractivity contribution is 6.18. The molecule has 0 aliphatic heterocycles. The van der Waals surface area contributed by atoms with E-state index in [0.717, 1.165) is 11.2 Å². The highest BCUT2D eigenvalue weighted by Gasteiger charge is 2.12. The van der Waals surface area contributed by atoms with Crippen molar-refractivity contribution in [2.24, 2.45) is 0 Å². The van der Waals surface area contributed by atoms with Gasteiger partial charge in [0.2, 0.25) is 0 Å². The topological polar surface area (TPSA) is 13.1 Å². The van der Waals surface area contributed by atoms with Crippen LogP contribution >= 0.6 is 0 Å². The van der Waals surface area contributed by atoms with Crippen molar-refractivity contribution in [3.05, 3.63) is 71.8 Å². The number of hydrogen-bond donors (Lipinski definition) is 0. The minimum absolute atomic E-state index is 0.965. The lowest BCUT2D eigenvalue weighted by molar-refractivity contribution is 0.673. The lowest BCUT2D eigenvalue weighted by Gasteiger charge is -2.02. The zero-order valence-electron chi connectivity index (χ0n) is 13.2. The molecule has 0 saturated heterocycles. The van der Waals surface area contributed by atoms with Gasteiger partial charge in [-0.05, 0) is 53.8 Å². The van der Waals surface area contributed by atoms with Crippen molar-refractivity contribution in [3.63, 3.8) is 0 Å². The third-order valence-electron chi connectivity index (χ3n) is 4.80. The number of hydrogen-bond acceptors (Lipinski definition) is 1. The summed E-state index contributed by atoms with van der Waals surface area (Å²) >= 11 is 0. The van der Waals surface area contributed by atoms with E-state index in [-0.39, 0.29) is 0 Å². The normalized spacial score (nSPS) is 11.9. The quantitative estimate of drug-likeness (QED) is 0.317. The second-order valence-corrected chi connectivity index (χ2v) is 6.42. The van der Waals surface area contributed by atoms with Gasteiger partial charge in [0.15, 0.2) is 0 Å².